The summed E-state index contributed by atoms with van der Waals surface area (Å²) in [6.07, 6.45) is 2.36. The fourth-order valence-corrected chi connectivity index (χ4v) is 3.63. The third kappa shape index (κ3) is 3.09. The highest BCUT2D eigenvalue weighted by molar-refractivity contribution is 9.10. The van der Waals surface area contributed by atoms with Gasteiger partial charge in [-0.05, 0) is 41.7 Å². The maximum atomic E-state index is 6.05. The van der Waals surface area contributed by atoms with Gasteiger partial charge in [-0.2, -0.15) is 0 Å². The lowest BCUT2D eigenvalue weighted by molar-refractivity contribution is 0.213. The molecular weight excluding hydrogens is 380 g/mol. The van der Waals surface area contributed by atoms with E-state index in [1.165, 1.54) is 11.1 Å². The molecule has 1 aliphatic heterocycles. The third-order valence-electron chi connectivity index (χ3n) is 3.79. The summed E-state index contributed by atoms with van der Waals surface area (Å²) >= 11 is 7.13. The molecule has 0 N–H and O–H groups in total. The first kappa shape index (κ1) is 14.2. The quantitative estimate of drug-likeness (QED) is 0.636. The number of halogens is 2. The summed E-state index contributed by atoms with van der Waals surface area (Å²) in [5, 5.41) is 0.963. The average molecular weight is 396 g/mol. The van der Waals surface area contributed by atoms with Crippen molar-refractivity contribution in [1.82, 2.24) is 0 Å². The molecule has 2 atom stereocenters. The number of benzene rings is 2. The average Bonchev–Trinajstić information content (AvgIpc) is 2.88. The molecule has 2 aromatic rings. The van der Waals surface area contributed by atoms with E-state index in [9.17, 15) is 0 Å². The van der Waals surface area contributed by atoms with Crippen LogP contribution in [-0.4, -0.2) is 11.4 Å². The Morgan fingerprint density at radius 3 is 2.55 bits per heavy atom. The molecule has 3 heteroatoms. The molecule has 0 saturated carbocycles. The van der Waals surface area contributed by atoms with Crippen LogP contribution in [0.3, 0.4) is 0 Å². The maximum absolute atomic E-state index is 6.05. The summed E-state index contributed by atoms with van der Waals surface area (Å²) in [7, 11) is 0. The number of hydrogen-bond acceptors (Lipinski definition) is 1. The fraction of sp³-hybridized carbons (Fsp3) is 0.294. The minimum Gasteiger partial charge on any atom is -0.490 e. The van der Waals surface area contributed by atoms with E-state index < -0.39 is 0 Å². The summed E-state index contributed by atoms with van der Waals surface area (Å²) in [5.41, 5.74) is 2.70. The Hall–Kier alpha value is -0.800. The molecule has 104 valence electrons. The first-order valence-electron chi connectivity index (χ1n) is 6.82. The standard InChI is InChI=1S/C17H16Br2O/c18-11-14(12-5-7-15(19)8-6-12)10-16-9-13-3-1-2-4-17(13)20-16/h1-8,14,16H,9-11H2. The van der Waals surface area contributed by atoms with E-state index in [2.05, 4.69) is 74.3 Å². The van der Waals surface area contributed by atoms with E-state index in [0.29, 0.717) is 12.0 Å². The van der Waals surface area contributed by atoms with E-state index in [4.69, 9.17) is 4.74 Å². The van der Waals surface area contributed by atoms with Crippen molar-refractivity contribution < 1.29 is 4.74 Å². The van der Waals surface area contributed by atoms with Crippen molar-refractivity contribution in [2.45, 2.75) is 24.9 Å². The number of para-hydroxylation sites is 1. The van der Waals surface area contributed by atoms with Crippen LogP contribution in [0.25, 0.3) is 0 Å². The molecule has 3 rings (SSSR count). The van der Waals surface area contributed by atoms with E-state index in [0.717, 1.165) is 28.4 Å². The van der Waals surface area contributed by atoms with Crippen molar-refractivity contribution in [3.05, 3.63) is 64.1 Å². The van der Waals surface area contributed by atoms with Gasteiger partial charge < -0.3 is 4.74 Å². The second kappa shape index (κ2) is 6.31. The van der Waals surface area contributed by atoms with Crippen LogP contribution in [0.4, 0.5) is 0 Å². The Morgan fingerprint density at radius 1 is 1.10 bits per heavy atom. The van der Waals surface area contributed by atoms with Crippen LogP contribution >= 0.6 is 31.9 Å². The van der Waals surface area contributed by atoms with E-state index in [1.807, 2.05) is 6.07 Å². The second-order valence-corrected chi connectivity index (χ2v) is 6.75. The zero-order valence-electron chi connectivity index (χ0n) is 11.1. The highest BCUT2D eigenvalue weighted by Gasteiger charge is 2.25. The predicted octanol–water partition coefficient (Wildman–Crippen LogP) is 5.32. The Kier molecular flexibility index (Phi) is 4.47. The molecule has 0 aromatic heterocycles. The summed E-state index contributed by atoms with van der Waals surface area (Å²) in [5.74, 6) is 1.55. The topological polar surface area (TPSA) is 9.23 Å². The van der Waals surface area contributed by atoms with Crippen LogP contribution in [0.2, 0.25) is 0 Å². The van der Waals surface area contributed by atoms with Gasteiger partial charge in [0.1, 0.15) is 11.9 Å². The van der Waals surface area contributed by atoms with Crippen LogP contribution in [0, 0.1) is 0 Å². The van der Waals surface area contributed by atoms with Gasteiger partial charge in [0, 0.05) is 16.2 Å². The maximum Gasteiger partial charge on any atom is 0.123 e. The van der Waals surface area contributed by atoms with Gasteiger partial charge in [0.25, 0.3) is 0 Å². The number of fused-ring (bicyclic) bond motifs is 1. The Labute approximate surface area is 136 Å². The molecular formula is C17H16Br2O. The minimum atomic E-state index is 0.290. The first-order valence-corrected chi connectivity index (χ1v) is 8.73. The number of ether oxygens (including phenoxy) is 1. The summed E-state index contributed by atoms with van der Waals surface area (Å²) in [6, 6.07) is 17.0. The molecule has 0 spiro atoms. The largest absolute Gasteiger partial charge is 0.490 e. The molecule has 20 heavy (non-hydrogen) atoms. The minimum absolute atomic E-state index is 0.290. The molecule has 0 amide bonds. The molecule has 0 fully saturated rings. The van der Waals surface area contributed by atoms with Crippen LogP contribution in [0.15, 0.2) is 53.0 Å². The Bertz CT molecular complexity index is 555. The van der Waals surface area contributed by atoms with Gasteiger partial charge in [-0.15, -0.1) is 0 Å². The highest BCUT2D eigenvalue weighted by Crippen LogP contribution is 2.34. The molecule has 2 unspecified atom stereocenters. The van der Waals surface area contributed by atoms with Gasteiger partial charge in [0.2, 0.25) is 0 Å². The normalized spacial score (nSPS) is 18.4. The van der Waals surface area contributed by atoms with Crippen molar-refractivity contribution in [3.8, 4) is 5.75 Å². The summed E-state index contributed by atoms with van der Waals surface area (Å²) < 4.78 is 7.18. The zero-order valence-corrected chi connectivity index (χ0v) is 14.2. The number of hydrogen-bond donors (Lipinski definition) is 0. The van der Waals surface area contributed by atoms with Crippen LogP contribution in [0.5, 0.6) is 5.75 Å². The molecule has 2 aromatic carbocycles. The van der Waals surface area contributed by atoms with Crippen molar-refractivity contribution in [3.63, 3.8) is 0 Å². The Balaban J connectivity index is 1.69. The lowest BCUT2D eigenvalue weighted by Gasteiger charge is -2.19. The summed E-state index contributed by atoms with van der Waals surface area (Å²) in [6.45, 7) is 0. The smallest absolute Gasteiger partial charge is 0.123 e. The van der Waals surface area contributed by atoms with Crippen LogP contribution in [0.1, 0.15) is 23.5 Å². The molecule has 0 radical (unpaired) electrons. The molecule has 1 nitrogen and oxygen atoms in total. The van der Waals surface area contributed by atoms with Crippen LogP contribution in [-0.2, 0) is 6.42 Å². The lowest BCUT2D eigenvalue weighted by atomic mass is 9.93. The van der Waals surface area contributed by atoms with Crippen molar-refractivity contribution >= 4 is 31.9 Å². The number of alkyl halides is 1. The monoisotopic (exact) mass is 394 g/mol. The van der Waals surface area contributed by atoms with Crippen molar-refractivity contribution in [2.75, 3.05) is 5.33 Å². The van der Waals surface area contributed by atoms with Gasteiger partial charge in [-0.3, -0.25) is 0 Å². The first-order chi connectivity index (χ1) is 9.76. The van der Waals surface area contributed by atoms with Gasteiger partial charge in [-0.25, -0.2) is 0 Å². The van der Waals surface area contributed by atoms with Crippen LogP contribution < -0.4 is 4.74 Å². The number of rotatable bonds is 4. The van der Waals surface area contributed by atoms with Crippen molar-refractivity contribution in [1.29, 1.82) is 0 Å². The second-order valence-electron chi connectivity index (χ2n) is 5.19. The highest BCUT2D eigenvalue weighted by atomic mass is 79.9. The van der Waals surface area contributed by atoms with E-state index in [-0.39, 0.29) is 0 Å². The zero-order chi connectivity index (χ0) is 13.9. The lowest BCUT2D eigenvalue weighted by Crippen LogP contribution is -2.18. The molecule has 0 aliphatic carbocycles. The van der Waals surface area contributed by atoms with Crippen molar-refractivity contribution in [2.24, 2.45) is 0 Å². The van der Waals surface area contributed by atoms with E-state index in [1.54, 1.807) is 0 Å². The summed E-state index contributed by atoms with van der Waals surface area (Å²) in [4.78, 5) is 0. The van der Waals surface area contributed by atoms with E-state index >= 15 is 0 Å². The SMILES string of the molecule is BrCC(CC1Cc2ccccc2O1)c1ccc(Br)cc1. The molecule has 0 bridgehead atoms. The van der Waals surface area contributed by atoms with Gasteiger partial charge >= 0.3 is 0 Å². The van der Waals surface area contributed by atoms with Gasteiger partial charge in [-0.1, -0.05) is 62.2 Å². The van der Waals surface area contributed by atoms with Gasteiger partial charge in [0.15, 0.2) is 0 Å². The third-order valence-corrected chi connectivity index (χ3v) is 5.10. The fourth-order valence-electron chi connectivity index (χ4n) is 2.73. The molecule has 0 saturated heterocycles. The Morgan fingerprint density at radius 2 is 1.85 bits per heavy atom. The molecule has 1 heterocycles. The predicted molar refractivity (Wildman–Crippen MR) is 89.9 cm³/mol. The molecule has 1 aliphatic rings. The van der Waals surface area contributed by atoms with Gasteiger partial charge in [0.05, 0.1) is 0 Å².